The van der Waals surface area contributed by atoms with Crippen molar-refractivity contribution in [2.75, 3.05) is 10.6 Å². The van der Waals surface area contributed by atoms with Gasteiger partial charge in [-0.1, -0.05) is 103 Å². The van der Waals surface area contributed by atoms with Crippen LogP contribution >= 0.6 is 0 Å². The minimum Gasteiger partial charge on any atom is -0.456 e. The van der Waals surface area contributed by atoms with Crippen molar-refractivity contribution in [3.05, 3.63) is 161 Å². The SMILES string of the molecule is Cc1cc(NCc2ccccc2)c2c(c1Nc1cccc3ccccc13)C1(OC2=O)c2ccccc2Oc2ccccc21. The summed E-state index contributed by atoms with van der Waals surface area (Å²) in [4.78, 5) is 14.2. The number of ether oxygens (including phenoxy) is 2. The Labute approximate surface area is 249 Å². The van der Waals surface area contributed by atoms with E-state index >= 15 is 0 Å². The van der Waals surface area contributed by atoms with Gasteiger partial charge in [-0.05, 0) is 47.7 Å². The molecule has 1 spiro atoms. The van der Waals surface area contributed by atoms with E-state index in [0.29, 0.717) is 23.6 Å². The van der Waals surface area contributed by atoms with Crippen LogP contribution in [0, 0.1) is 6.92 Å². The second-order valence-electron chi connectivity index (χ2n) is 11.0. The van der Waals surface area contributed by atoms with Crippen LogP contribution in [0.4, 0.5) is 17.1 Å². The summed E-state index contributed by atoms with van der Waals surface area (Å²) in [6.45, 7) is 2.65. The topological polar surface area (TPSA) is 59.6 Å². The standard InChI is InChI=1S/C38H28N2O3/c1-24-22-31(39-23-25-12-3-2-4-13-25)34-35(36(24)40-30-19-11-15-26-14-5-6-16-27(26)30)38(43-37(34)41)28-17-7-9-20-32(28)42-33-21-10-8-18-29(33)38/h2-22,39-40H,23H2,1H3. The monoisotopic (exact) mass is 560 g/mol. The Kier molecular flexibility index (Phi) is 5.73. The van der Waals surface area contributed by atoms with Gasteiger partial charge in [0.05, 0.1) is 11.3 Å². The summed E-state index contributed by atoms with van der Waals surface area (Å²) >= 11 is 0. The number of carbonyl (C=O) groups excluding carboxylic acids is 1. The molecule has 2 N–H and O–H groups in total. The van der Waals surface area contributed by atoms with Gasteiger partial charge in [-0.2, -0.15) is 0 Å². The predicted molar refractivity (Wildman–Crippen MR) is 170 cm³/mol. The Balaban J connectivity index is 1.40. The van der Waals surface area contributed by atoms with Gasteiger partial charge < -0.3 is 20.1 Å². The highest BCUT2D eigenvalue weighted by Crippen LogP contribution is 2.59. The second kappa shape index (κ2) is 9.78. The van der Waals surface area contributed by atoms with Gasteiger partial charge in [0.1, 0.15) is 11.5 Å². The van der Waals surface area contributed by atoms with Crippen molar-refractivity contribution >= 4 is 33.8 Å². The van der Waals surface area contributed by atoms with Crippen molar-refractivity contribution in [3.8, 4) is 11.5 Å². The maximum absolute atomic E-state index is 14.2. The summed E-state index contributed by atoms with van der Waals surface area (Å²) in [6, 6.07) is 42.4. The lowest BCUT2D eigenvalue weighted by atomic mass is 9.76. The smallest absolute Gasteiger partial charge is 0.342 e. The van der Waals surface area contributed by atoms with E-state index in [9.17, 15) is 4.79 Å². The van der Waals surface area contributed by atoms with Crippen LogP contribution < -0.4 is 15.4 Å². The number of hydrogen-bond donors (Lipinski definition) is 2. The van der Waals surface area contributed by atoms with Crippen LogP contribution in [-0.4, -0.2) is 5.97 Å². The fourth-order valence-corrected chi connectivity index (χ4v) is 6.52. The summed E-state index contributed by atoms with van der Waals surface area (Å²) in [5.41, 5.74) is 6.33. The molecule has 2 aliphatic rings. The van der Waals surface area contributed by atoms with E-state index in [2.05, 4.69) is 54.0 Å². The number of fused-ring (bicyclic) bond motifs is 7. The van der Waals surface area contributed by atoms with E-state index < -0.39 is 5.60 Å². The van der Waals surface area contributed by atoms with Crippen LogP contribution in [0.2, 0.25) is 0 Å². The van der Waals surface area contributed by atoms with Crippen LogP contribution in [0.5, 0.6) is 11.5 Å². The molecule has 0 saturated heterocycles. The summed E-state index contributed by atoms with van der Waals surface area (Å²) in [5.74, 6) is 0.953. The first-order valence-corrected chi connectivity index (χ1v) is 14.4. The van der Waals surface area contributed by atoms with Gasteiger partial charge in [0.15, 0.2) is 5.60 Å². The van der Waals surface area contributed by atoms with Gasteiger partial charge in [-0.3, -0.25) is 0 Å². The number of nitrogens with one attached hydrogen (secondary N) is 2. The molecular formula is C38H28N2O3. The number of carbonyl (C=O) groups is 1. The molecule has 0 radical (unpaired) electrons. The zero-order valence-corrected chi connectivity index (χ0v) is 23.6. The van der Waals surface area contributed by atoms with E-state index in [0.717, 1.165) is 55.7 Å². The summed E-state index contributed by atoms with van der Waals surface area (Å²) < 4.78 is 13.0. The molecule has 8 rings (SSSR count). The lowest BCUT2D eigenvalue weighted by molar-refractivity contribution is 0.0226. The van der Waals surface area contributed by atoms with E-state index in [-0.39, 0.29) is 5.97 Å². The maximum Gasteiger partial charge on any atom is 0.342 e. The average molecular weight is 561 g/mol. The molecule has 6 aromatic rings. The lowest BCUT2D eigenvalue weighted by Crippen LogP contribution is -2.33. The number of hydrogen-bond acceptors (Lipinski definition) is 5. The van der Waals surface area contributed by atoms with E-state index in [1.807, 2.05) is 91.0 Å². The highest BCUT2D eigenvalue weighted by Gasteiger charge is 2.56. The Morgan fingerprint density at radius 2 is 1.35 bits per heavy atom. The molecular weight excluding hydrogens is 532 g/mol. The van der Waals surface area contributed by atoms with Crippen LogP contribution in [0.25, 0.3) is 10.8 Å². The van der Waals surface area contributed by atoms with Crippen molar-refractivity contribution < 1.29 is 14.3 Å². The third kappa shape index (κ3) is 3.89. The Hall–Kier alpha value is -5.55. The molecule has 0 bridgehead atoms. The van der Waals surface area contributed by atoms with Gasteiger partial charge in [0.25, 0.3) is 0 Å². The van der Waals surface area contributed by atoms with Crippen LogP contribution in [0.15, 0.2) is 127 Å². The second-order valence-corrected chi connectivity index (χ2v) is 11.0. The van der Waals surface area contributed by atoms with Crippen molar-refractivity contribution in [2.24, 2.45) is 0 Å². The molecule has 5 heteroatoms. The molecule has 6 aromatic carbocycles. The normalized spacial score (nSPS) is 13.9. The van der Waals surface area contributed by atoms with Crippen molar-refractivity contribution in [3.63, 3.8) is 0 Å². The van der Waals surface area contributed by atoms with Crippen LogP contribution in [0.1, 0.15) is 38.2 Å². The zero-order chi connectivity index (χ0) is 29.0. The van der Waals surface area contributed by atoms with Crippen LogP contribution in [-0.2, 0) is 16.9 Å². The predicted octanol–water partition coefficient (Wildman–Crippen LogP) is 9.07. The van der Waals surface area contributed by atoms with Gasteiger partial charge in [-0.15, -0.1) is 0 Å². The minimum atomic E-state index is -1.21. The molecule has 0 amide bonds. The van der Waals surface area contributed by atoms with Crippen LogP contribution in [0.3, 0.4) is 0 Å². The van der Waals surface area contributed by atoms with E-state index in [1.165, 1.54) is 0 Å². The number of para-hydroxylation sites is 2. The molecule has 0 aliphatic carbocycles. The first kappa shape index (κ1) is 25.2. The third-order valence-corrected chi connectivity index (χ3v) is 8.45. The largest absolute Gasteiger partial charge is 0.456 e. The van der Waals surface area contributed by atoms with Crippen molar-refractivity contribution in [2.45, 2.75) is 19.1 Å². The van der Waals surface area contributed by atoms with Gasteiger partial charge in [0.2, 0.25) is 0 Å². The van der Waals surface area contributed by atoms with Crippen molar-refractivity contribution in [1.29, 1.82) is 0 Å². The Bertz CT molecular complexity index is 2000. The molecule has 0 unspecified atom stereocenters. The number of anilines is 3. The number of benzene rings is 6. The first-order valence-electron chi connectivity index (χ1n) is 14.4. The van der Waals surface area contributed by atoms with Gasteiger partial charge in [-0.25, -0.2) is 4.79 Å². The fraction of sp³-hybridized carbons (Fsp3) is 0.0789. The highest BCUT2D eigenvalue weighted by molar-refractivity contribution is 6.06. The lowest BCUT2D eigenvalue weighted by Gasteiger charge is -2.37. The quantitative estimate of drug-likeness (QED) is 0.206. The summed E-state index contributed by atoms with van der Waals surface area (Å²) in [6.07, 6.45) is 0. The summed E-state index contributed by atoms with van der Waals surface area (Å²) in [7, 11) is 0. The molecule has 2 aliphatic heterocycles. The molecule has 0 fully saturated rings. The molecule has 43 heavy (non-hydrogen) atoms. The molecule has 0 saturated carbocycles. The number of aryl methyl sites for hydroxylation is 1. The third-order valence-electron chi connectivity index (χ3n) is 8.45. The van der Waals surface area contributed by atoms with Gasteiger partial charge >= 0.3 is 5.97 Å². The molecule has 5 nitrogen and oxygen atoms in total. The molecule has 0 atom stereocenters. The Morgan fingerprint density at radius 1 is 0.698 bits per heavy atom. The maximum atomic E-state index is 14.2. The van der Waals surface area contributed by atoms with E-state index in [4.69, 9.17) is 9.47 Å². The van der Waals surface area contributed by atoms with Crippen molar-refractivity contribution in [1.82, 2.24) is 0 Å². The number of rotatable bonds is 5. The number of esters is 1. The average Bonchev–Trinajstić information content (AvgIpc) is 3.35. The molecule has 0 aromatic heterocycles. The molecule has 208 valence electrons. The fourth-order valence-electron chi connectivity index (χ4n) is 6.52. The highest BCUT2D eigenvalue weighted by atomic mass is 16.6. The zero-order valence-electron chi connectivity index (χ0n) is 23.6. The van der Waals surface area contributed by atoms with E-state index in [1.54, 1.807) is 0 Å². The first-order chi connectivity index (χ1) is 21.1. The minimum absolute atomic E-state index is 0.377. The Morgan fingerprint density at radius 3 is 2.12 bits per heavy atom. The van der Waals surface area contributed by atoms with Gasteiger partial charge in [0, 0.05) is 40.0 Å². The molecule has 2 heterocycles. The summed E-state index contributed by atoms with van der Waals surface area (Å²) in [5, 5.41) is 9.56.